The van der Waals surface area contributed by atoms with Gasteiger partial charge in [-0.2, -0.15) is 0 Å². The third-order valence-electron chi connectivity index (χ3n) is 4.17. The Hall–Kier alpha value is -1.63. The minimum absolute atomic E-state index is 0.419. The van der Waals surface area contributed by atoms with Crippen LogP contribution in [-0.4, -0.2) is 12.3 Å². The van der Waals surface area contributed by atoms with Gasteiger partial charge in [0.25, 0.3) is 0 Å². The molecule has 0 heterocycles. The summed E-state index contributed by atoms with van der Waals surface area (Å²) < 4.78 is 0. The molecule has 0 aromatic heterocycles. The van der Waals surface area contributed by atoms with Crippen molar-refractivity contribution in [1.82, 2.24) is 0 Å². The van der Waals surface area contributed by atoms with Crippen LogP contribution in [0.4, 0.5) is 0 Å². The van der Waals surface area contributed by atoms with Gasteiger partial charge in [-0.25, -0.2) is 0 Å². The summed E-state index contributed by atoms with van der Waals surface area (Å²) in [4.78, 5) is 4.74. The Morgan fingerprint density at radius 2 is 1.95 bits per heavy atom. The molecule has 1 aliphatic carbocycles. The first-order valence-electron chi connectivity index (χ1n) is 7.61. The maximum Gasteiger partial charge on any atom is 0.0392 e. The first-order chi connectivity index (χ1) is 9.65. The first kappa shape index (κ1) is 14.8. The molecule has 2 rings (SSSR count). The fourth-order valence-corrected chi connectivity index (χ4v) is 2.69. The molecule has 0 saturated heterocycles. The van der Waals surface area contributed by atoms with Crippen LogP contribution in [0.5, 0.6) is 0 Å². The van der Waals surface area contributed by atoms with E-state index in [9.17, 15) is 0 Å². The Kier molecular flexibility index (Phi) is 4.94. The molecule has 0 saturated carbocycles. The van der Waals surface area contributed by atoms with E-state index in [1.807, 2.05) is 0 Å². The average molecular weight is 267 g/mol. The predicted octanol–water partition coefficient (Wildman–Crippen LogP) is 5.29. The van der Waals surface area contributed by atoms with Crippen molar-refractivity contribution in [3.8, 4) is 0 Å². The van der Waals surface area contributed by atoms with E-state index in [0.29, 0.717) is 5.92 Å². The van der Waals surface area contributed by atoms with Crippen molar-refractivity contribution in [2.75, 3.05) is 6.54 Å². The third kappa shape index (κ3) is 3.09. The monoisotopic (exact) mass is 267 g/mol. The minimum atomic E-state index is 0.419. The van der Waals surface area contributed by atoms with Crippen molar-refractivity contribution in [2.24, 2.45) is 4.99 Å². The molecule has 106 valence electrons. The zero-order chi connectivity index (χ0) is 14.5. The van der Waals surface area contributed by atoms with Gasteiger partial charge in [0.15, 0.2) is 0 Å². The Labute approximate surface area is 123 Å². The molecule has 0 N–H and O–H groups in total. The number of allylic oxidation sites excluding steroid dienone is 4. The number of hydrogen-bond donors (Lipinski definition) is 0. The summed E-state index contributed by atoms with van der Waals surface area (Å²) in [5.41, 5.74) is 6.70. The first-order valence-corrected chi connectivity index (χ1v) is 7.61. The van der Waals surface area contributed by atoms with E-state index in [-0.39, 0.29) is 0 Å². The molecular weight excluding hydrogens is 242 g/mol. The van der Waals surface area contributed by atoms with E-state index >= 15 is 0 Å². The van der Waals surface area contributed by atoms with E-state index in [4.69, 9.17) is 4.99 Å². The molecule has 1 aromatic rings. The SMILES string of the molecule is CCCCN=C(C)c1ccccc1C1C=CC(C)=C1C. The number of benzene rings is 1. The lowest BCUT2D eigenvalue weighted by atomic mass is 9.88. The number of nitrogens with zero attached hydrogens (tertiary/aromatic N) is 1. The van der Waals surface area contributed by atoms with Crippen LogP contribution in [0.2, 0.25) is 0 Å². The molecular formula is C19H25N. The molecule has 0 bridgehead atoms. The number of aliphatic imine (C=N–C) groups is 1. The summed E-state index contributed by atoms with van der Waals surface area (Å²) in [5, 5.41) is 0. The fourth-order valence-electron chi connectivity index (χ4n) is 2.69. The van der Waals surface area contributed by atoms with Crippen LogP contribution >= 0.6 is 0 Å². The summed E-state index contributed by atoms with van der Waals surface area (Å²) in [7, 11) is 0. The molecule has 1 unspecified atom stereocenters. The topological polar surface area (TPSA) is 12.4 Å². The molecule has 1 atom stereocenters. The molecule has 1 aliphatic rings. The normalized spacial score (nSPS) is 19.0. The quantitative estimate of drug-likeness (QED) is 0.508. The third-order valence-corrected chi connectivity index (χ3v) is 4.17. The summed E-state index contributed by atoms with van der Waals surface area (Å²) in [6.07, 6.45) is 6.91. The number of rotatable bonds is 5. The lowest BCUT2D eigenvalue weighted by Gasteiger charge is -2.16. The highest BCUT2D eigenvalue weighted by atomic mass is 14.7. The molecule has 0 spiro atoms. The lowest BCUT2D eigenvalue weighted by molar-refractivity contribution is 0.807. The van der Waals surface area contributed by atoms with Crippen LogP contribution in [0.25, 0.3) is 0 Å². The van der Waals surface area contributed by atoms with Gasteiger partial charge in [-0.15, -0.1) is 0 Å². The van der Waals surface area contributed by atoms with Gasteiger partial charge < -0.3 is 0 Å². The molecule has 20 heavy (non-hydrogen) atoms. The Morgan fingerprint density at radius 3 is 2.60 bits per heavy atom. The van der Waals surface area contributed by atoms with Crippen molar-refractivity contribution >= 4 is 5.71 Å². The summed E-state index contributed by atoms with van der Waals surface area (Å²) in [6.45, 7) is 9.71. The van der Waals surface area contributed by atoms with Crippen LogP contribution in [0, 0.1) is 0 Å². The minimum Gasteiger partial charge on any atom is -0.289 e. The molecule has 0 fully saturated rings. The van der Waals surface area contributed by atoms with Crippen molar-refractivity contribution in [3.63, 3.8) is 0 Å². The van der Waals surface area contributed by atoms with Gasteiger partial charge in [-0.1, -0.05) is 60.9 Å². The summed E-state index contributed by atoms with van der Waals surface area (Å²) in [5.74, 6) is 0.419. The van der Waals surface area contributed by atoms with Gasteiger partial charge in [0, 0.05) is 18.2 Å². The van der Waals surface area contributed by atoms with Gasteiger partial charge in [0.1, 0.15) is 0 Å². The summed E-state index contributed by atoms with van der Waals surface area (Å²) >= 11 is 0. The Bertz CT molecular complexity index is 561. The Balaban J connectivity index is 2.32. The molecule has 0 radical (unpaired) electrons. The molecule has 1 heteroatoms. The number of unbranched alkanes of at least 4 members (excludes halogenated alkanes) is 1. The van der Waals surface area contributed by atoms with Crippen LogP contribution in [0.3, 0.4) is 0 Å². The smallest absolute Gasteiger partial charge is 0.0392 e. The molecule has 0 aliphatic heterocycles. The molecule has 1 aromatic carbocycles. The molecule has 1 nitrogen and oxygen atoms in total. The van der Waals surface area contributed by atoms with E-state index < -0.39 is 0 Å². The maximum absolute atomic E-state index is 4.74. The highest BCUT2D eigenvalue weighted by molar-refractivity contribution is 6.00. The van der Waals surface area contributed by atoms with Gasteiger partial charge in [-0.3, -0.25) is 4.99 Å². The van der Waals surface area contributed by atoms with E-state index in [1.54, 1.807) is 0 Å². The zero-order valence-electron chi connectivity index (χ0n) is 13.1. The van der Waals surface area contributed by atoms with E-state index in [1.165, 1.54) is 40.8 Å². The van der Waals surface area contributed by atoms with Crippen LogP contribution in [-0.2, 0) is 0 Å². The lowest BCUT2D eigenvalue weighted by Crippen LogP contribution is -2.06. The second kappa shape index (κ2) is 6.69. The highest BCUT2D eigenvalue weighted by Gasteiger charge is 2.19. The predicted molar refractivity (Wildman–Crippen MR) is 88.7 cm³/mol. The van der Waals surface area contributed by atoms with Crippen molar-refractivity contribution in [2.45, 2.75) is 46.5 Å². The van der Waals surface area contributed by atoms with Crippen molar-refractivity contribution in [3.05, 3.63) is 58.7 Å². The van der Waals surface area contributed by atoms with Crippen molar-refractivity contribution < 1.29 is 0 Å². The second-order valence-corrected chi connectivity index (χ2v) is 5.61. The second-order valence-electron chi connectivity index (χ2n) is 5.61. The standard InChI is InChI=1S/C19H25N/c1-5-6-13-20-16(4)18-9-7-8-10-19(18)17-12-11-14(2)15(17)3/h7-12,17H,5-6,13H2,1-4H3. The average Bonchev–Trinajstić information content (AvgIpc) is 2.79. The van der Waals surface area contributed by atoms with Gasteiger partial charge in [0.2, 0.25) is 0 Å². The molecule has 0 amide bonds. The Morgan fingerprint density at radius 1 is 1.20 bits per heavy atom. The summed E-state index contributed by atoms with van der Waals surface area (Å²) in [6, 6.07) is 8.69. The number of hydrogen-bond acceptors (Lipinski definition) is 1. The fraction of sp³-hybridized carbons (Fsp3) is 0.421. The van der Waals surface area contributed by atoms with Gasteiger partial charge >= 0.3 is 0 Å². The largest absolute Gasteiger partial charge is 0.289 e. The van der Waals surface area contributed by atoms with E-state index in [0.717, 1.165) is 6.54 Å². The highest BCUT2D eigenvalue weighted by Crippen LogP contribution is 2.35. The maximum atomic E-state index is 4.74. The van der Waals surface area contributed by atoms with E-state index in [2.05, 4.69) is 64.1 Å². The van der Waals surface area contributed by atoms with Crippen molar-refractivity contribution in [1.29, 1.82) is 0 Å². The van der Waals surface area contributed by atoms with Crippen LogP contribution < -0.4 is 0 Å². The van der Waals surface area contributed by atoms with Crippen LogP contribution in [0.15, 0.2) is 52.6 Å². The van der Waals surface area contributed by atoms with Crippen LogP contribution in [0.1, 0.15) is 57.6 Å². The zero-order valence-corrected chi connectivity index (χ0v) is 13.1. The van der Waals surface area contributed by atoms with Gasteiger partial charge in [0.05, 0.1) is 0 Å². The van der Waals surface area contributed by atoms with Gasteiger partial charge in [-0.05, 0) is 38.3 Å².